The highest BCUT2D eigenvalue weighted by molar-refractivity contribution is 5.71. The van der Waals surface area contributed by atoms with Crippen LogP contribution in [0.25, 0.3) is 0 Å². The standard InChI is InChI=1S/C75H130O6/c1-4-7-10-13-15-17-19-21-23-25-27-29-31-33-35-37-39-41-43-45-47-49-51-53-55-57-59-62-65-68-74(77)80-71-72(70-79-73(76)67-64-61-12-9-6-3)81-75(78)69-66-63-60-58-56-54-52-50-48-46-44-42-40-38-36-34-32-30-28-26-24-22-20-18-16-14-11-8-5-2/h7,10,15,17,21,23,26-29,33,35,39,41,45,47,72H,4-6,8-9,11-14,16,18-20,22,24-25,30-32,34,36-38,40,42-44,46,48-71H2,1-3H3/b10-7-,17-15-,23-21-,28-26-,29-27-,35-33-,41-39-,47-45-. The molecule has 0 aromatic heterocycles. The van der Waals surface area contributed by atoms with Crippen molar-refractivity contribution in [2.24, 2.45) is 0 Å². The van der Waals surface area contributed by atoms with Crippen molar-refractivity contribution in [2.45, 2.75) is 348 Å². The van der Waals surface area contributed by atoms with Crippen LogP contribution < -0.4 is 0 Å². The van der Waals surface area contributed by atoms with E-state index < -0.39 is 6.10 Å². The fourth-order valence-corrected chi connectivity index (χ4v) is 9.89. The Balaban J connectivity index is 4.02. The van der Waals surface area contributed by atoms with Gasteiger partial charge in [-0.2, -0.15) is 0 Å². The largest absolute Gasteiger partial charge is 0.462 e. The molecule has 0 saturated heterocycles. The number of ether oxygens (including phenoxy) is 3. The minimum absolute atomic E-state index is 0.0794. The molecule has 0 N–H and O–H groups in total. The van der Waals surface area contributed by atoms with Crippen LogP contribution >= 0.6 is 0 Å². The third-order valence-corrected chi connectivity index (χ3v) is 15.1. The molecule has 0 aliphatic carbocycles. The zero-order valence-corrected chi connectivity index (χ0v) is 53.5. The first kappa shape index (κ1) is 77.3. The number of unbranched alkanes of at least 4 members (excludes halogenated alkanes) is 36. The molecule has 0 radical (unpaired) electrons. The van der Waals surface area contributed by atoms with Crippen molar-refractivity contribution in [2.75, 3.05) is 13.2 Å². The molecule has 0 fully saturated rings. The highest BCUT2D eigenvalue weighted by atomic mass is 16.6. The minimum Gasteiger partial charge on any atom is -0.462 e. The SMILES string of the molecule is CC/C=C\C/C=C\C/C=C\C/C=C\C/C=C\C/C=C\C/C=C\CCCCCCCCCC(=O)OCC(COC(=O)CCCCCCC)OC(=O)CCCCCCCCCCCCCCCCCCC/C=C\CCCCCCCCCC. The van der Waals surface area contributed by atoms with Gasteiger partial charge in [0.05, 0.1) is 0 Å². The molecule has 81 heavy (non-hydrogen) atoms. The van der Waals surface area contributed by atoms with Crippen LogP contribution in [-0.2, 0) is 28.6 Å². The van der Waals surface area contributed by atoms with Gasteiger partial charge in [-0.3, -0.25) is 14.4 Å². The Bertz CT molecular complexity index is 1580. The topological polar surface area (TPSA) is 78.9 Å². The summed E-state index contributed by atoms with van der Waals surface area (Å²) in [7, 11) is 0. The van der Waals surface area contributed by atoms with Crippen LogP contribution in [0.2, 0.25) is 0 Å². The Morgan fingerprint density at radius 3 is 0.765 bits per heavy atom. The second-order valence-electron chi connectivity index (χ2n) is 23.1. The van der Waals surface area contributed by atoms with Crippen molar-refractivity contribution < 1.29 is 28.6 Å². The third-order valence-electron chi connectivity index (χ3n) is 15.1. The van der Waals surface area contributed by atoms with Crippen LogP contribution in [0.15, 0.2) is 97.2 Å². The zero-order chi connectivity index (χ0) is 58.5. The van der Waals surface area contributed by atoms with E-state index in [1.54, 1.807) is 0 Å². The van der Waals surface area contributed by atoms with E-state index in [0.29, 0.717) is 19.3 Å². The first-order chi connectivity index (χ1) is 40.0. The Morgan fingerprint density at radius 1 is 0.259 bits per heavy atom. The second-order valence-corrected chi connectivity index (χ2v) is 23.1. The molecule has 466 valence electrons. The van der Waals surface area contributed by atoms with Crippen molar-refractivity contribution >= 4 is 17.9 Å². The first-order valence-electron chi connectivity index (χ1n) is 34.7. The number of carbonyl (C=O) groups is 3. The summed E-state index contributed by atoms with van der Waals surface area (Å²) >= 11 is 0. The first-order valence-corrected chi connectivity index (χ1v) is 34.7. The molecule has 0 amide bonds. The van der Waals surface area contributed by atoms with Gasteiger partial charge in [-0.25, -0.2) is 0 Å². The Hall–Kier alpha value is -3.67. The summed E-state index contributed by atoms with van der Waals surface area (Å²) in [4.78, 5) is 38.0. The molecule has 1 atom stereocenters. The van der Waals surface area contributed by atoms with Gasteiger partial charge in [0, 0.05) is 19.3 Å². The van der Waals surface area contributed by atoms with Gasteiger partial charge in [0.25, 0.3) is 0 Å². The average molecular weight is 1130 g/mol. The predicted molar refractivity (Wildman–Crippen MR) is 353 cm³/mol. The quantitative estimate of drug-likeness (QED) is 0.0261. The van der Waals surface area contributed by atoms with E-state index in [4.69, 9.17) is 14.2 Å². The van der Waals surface area contributed by atoms with Crippen LogP contribution in [0.4, 0.5) is 0 Å². The van der Waals surface area contributed by atoms with Crippen LogP contribution in [0.1, 0.15) is 342 Å². The molecule has 6 heteroatoms. The molecule has 6 nitrogen and oxygen atoms in total. The molecule has 0 spiro atoms. The van der Waals surface area contributed by atoms with Gasteiger partial charge in [0.15, 0.2) is 6.10 Å². The van der Waals surface area contributed by atoms with E-state index in [9.17, 15) is 14.4 Å². The molecular weight excluding hydrogens is 997 g/mol. The minimum atomic E-state index is -0.779. The maximum absolute atomic E-state index is 12.9. The molecule has 0 saturated carbocycles. The van der Waals surface area contributed by atoms with E-state index in [0.717, 1.165) is 116 Å². The monoisotopic (exact) mass is 1130 g/mol. The zero-order valence-electron chi connectivity index (χ0n) is 53.5. The summed E-state index contributed by atoms with van der Waals surface area (Å²) in [5.41, 5.74) is 0. The summed E-state index contributed by atoms with van der Waals surface area (Å²) in [6.45, 7) is 6.47. The number of esters is 3. The Morgan fingerprint density at radius 2 is 0.481 bits per heavy atom. The van der Waals surface area contributed by atoms with E-state index in [1.807, 2.05) is 0 Å². The summed E-state index contributed by atoms with van der Waals surface area (Å²) < 4.78 is 16.8. The normalized spacial score (nSPS) is 12.7. The molecule has 0 rings (SSSR count). The maximum Gasteiger partial charge on any atom is 0.306 e. The third kappa shape index (κ3) is 67.0. The fraction of sp³-hybridized carbons (Fsp3) is 0.747. The van der Waals surface area contributed by atoms with Gasteiger partial charge < -0.3 is 14.2 Å². The summed E-state index contributed by atoms with van der Waals surface area (Å²) in [5.74, 6) is -0.892. The second kappa shape index (κ2) is 68.8. The van der Waals surface area contributed by atoms with E-state index in [2.05, 4.69) is 118 Å². The number of rotatable bonds is 63. The summed E-state index contributed by atoms with van der Waals surface area (Å²) in [6, 6.07) is 0. The van der Waals surface area contributed by atoms with Gasteiger partial charge >= 0.3 is 17.9 Å². The maximum atomic E-state index is 12.9. The lowest BCUT2D eigenvalue weighted by molar-refractivity contribution is -0.167. The van der Waals surface area contributed by atoms with Gasteiger partial charge in [0.1, 0.15) is 13.2 Å². The average Bonchev–Trinajstić information content (AvgIpc) is 3.47. The van der Waals surface area contributed by atoms with Crippen molar-refractivity contribution in [1.29, 1.82) is 0 Å². The number of hydrogen-bond donors (Lipinski definition) is 0. The van der Waals surface area contributed by atoms with Crippen molar-refractivity contribution in [3.8, 4) is 0 Å². The highest BCUT2D eigenvalue weighted by Crippen LogP contribution is 2.17. The molecule has 0 heterocycles. The van der Waals surface area contributed by atoms with Gasteiger partial charge in [-0.15, -0.1) is 0 Å². The summed E-state index contributed by atoms with van der Waals surface area (Å²) in [5, 5.41) is 0. The van der Waals surface area contributed by atoms with Gasteiger partial charge in [-0.05, 0) is 103 Å². The lowest BCUT2D eigenvalue weighted by Crippen LogP contribution is -2.30. The van der Waals surface area contributed by atoms with Crippen molar-refractivity contribution in [3.63, 3.8) is 0 Å². The van der Waals surface area contributed by atoms with E-state index in [1.165, 1.54) is 186 Å². The van der Waals surface area contributed by atoms with Gasteiger partial charge in [0.2, 0.25) is 0 Å². The highest BCUT2D eigenvalue weighted by Gasteiger charge is 2.19. The van der Waals surface area contributed by atoms with Crippen LogP contribution in [-0.4, -0.2) is 37.2 Å². The molecule has 0 aromatic rings. The smallest absolute Gasteiger partial charge is 0.306 e. The molecule has 1 unspecified atom stereocenters. The molecule has 0 aromatic carbocycles. The van der Waals surface area contributed by atoms with Gasteiger partial charge in [-0.1, -0.05) is 317 Å². The molecule has 0 aliphatic heterocycles. The Kier molecular flexibility index (Phi) is 65.7. The van der Waals surface area contributed by atoms with Crippen molar-refractivity contribution in [1.82, 2.24) is 0 Å². The number of hydrogen-bond acceptors (Lipinski definition) is 6. The molecule has 0 aliphatic rings. The fourth-order valence-electron chi connectivity index (χ4n) is 9.89. The summed E-state index contributed by atoms with van der Waals surface area (Å²) in [6.07, 6.45) is 93.4. The lowest BCUT2D eigenvalue weighted by Gasteiger charge is -2.18. The lowest BCUT2D eigenvalue weighted by atomic mass is 10.0. The predicted octanol–water partition coefficient (Wildman–Crippen LogP) is 24.0. The van der Waals surface area contributed by atoms with Crippen molar-refractivity contribution in [3.05, 3.63) is 97.2 Å². The molecule has 0 bridgehead atoms. The molecular formula is C75H130O6. The van der Waals surface area contributed by atoms with Crippen LogP contribution in [0, 0.1) is 0 Å². The number of allylic oxidation sites excluding steroid dienone is 16. The Labute approximate surface area is 502 Å². The van der Waals surface area contributed by atoms with Crippen LogP contribution in [0.3, 0.4) is 0 Å². The van der Waals surface area contributed by atoms with Crippen LogP contribution in [0.5, 0.6) is 0 Å². The number of carbonyl (C=O) groups excluding carboxylic acids is 3. The van der Waals surface area contributed by atoms with E-state index >= 15 is 0 Å². The van der Waals surface area contributed by atoms with E-state index in [-0.39, 0.29) is 31.1 Å².